The fraction of sp³-hybridized carbons (Fsp3) is 0.368. The van der Waals surface area contributed by atoms with Gasteiger partial charge in [0, 0.05) is 20.0 Å². The van der Waals surface area contributed by atoms with Crippen molar-refractivity contribution in [1.29, 1.82) is 0 Å². The maximum absolute atomic E-state index is 12.7. The van der Waals surface area contributed by atoms with Crippen molar-refractivity contribution in [3.8, 4) is 0 Å². The molecular weight excluding hydrogens is 288 g/mol. The Balaban J connectivity index is 2.12. The van der Waals surface area contributed by atoms with Crippen molar-refractivity contribution < 1.29 is 9.21 Å². The summed E-state index contributed by atoms with van der Waals surface area (Å²) in [5.41, 5.74) is 1.77. The fourth-order valence-corrected chi connectivity index (χ4v) is 2.43. The zero-order valence-corrected chi connectivity index (χ0v) is 14.2. The predicted molar refractivity (Wildman–Crippen MR) is 92.2 cm³/mol. The zero-order valence-electron chi connectivity index (χ0n) is 14.2. The standard InChI is InChI=1S/C19H24N2O2/c1-14(2)13-21(12-8-11-17-9-6-5-7-10-17)19(22)18-15(3)20-16(4)23-18/h5-11,14H,12-13H2,1-4H3. The van der Waals surface area contributed by atoms with E-state index >= 15 is 0 Å². The lowest BCUT2D eigenvalue weighted by Crippen LogP contribution is -2.34. The summed E-state index contributed by atoms with van der Waals surface area (Å²) in [7, 11) is 0. The number of carbonyl (C=O) groups excluding carboxylic acids is 1. The molecule has 0 fully saturated rings. The van der Waals surface area contributed by atoms with Crippen LogP contribution in [0.2, 0.25) is 0 Å². The molecule has 23 heavy (non-hydrogen) atoms. The second-order valence-corrected chi connectivity index (χ2v) is 6.06. The van der Waals surface area contributed by atoms with Crippen molar-refractivity contribution in [3.63, 3.8) is 0 Å². The Bertz CT molecular complexity index is 672. The van der Waals surface area contributed by atoms with Crippen molar-refractivity contribution >= 4 is 12.0 Å². The first-order chi connectivity index (χ1) is 11.0. The summed E-state index contributed by atoms with van der Waals surface area (Å²) in [5, 5.41) is 0. The Labute approximate surface area is 137 Å². The van der Waals surface area contributed by atoms with Crippen LogP contribution in [0.5, 0.6) is 0 Å². The Hall–Kier alpha value is -2.36. The molecule has 0 saturated heterocycles. The molecule has 4 heteroatoms. The number of carbonyl (C=O) groups is 1. The van der Waals surface area contributed by atoms with E-state index in [9.17, 15) is 4.79 Å². The maximum atomic E-state index is 12.7. The number of rotatable bonds is 6. The van der Waals surface area contributed by atoms with Gasteiger partial charge in [0.1, 0.15) is 0 Å². The van der Waals surface area contributed by atoms with Crippen LogP contribution in [0.25, 0.3) is 6.08 Å². The van der Waals surface area contributed by atoms with Crippen molar-refractivity contribution in [2.75, 3.05) is 13.1 Å². The molecule has 0 radical (unpaired) electrons. The first kappa shape index (κ1) is 17.0. The lowest BCUT2D eigenvalue weighted by atomic mass is 10.2. The number of hydrogen-bond donors (Lipinski definition) is 0. The molecule has 1 heterocycles. The van der Waals surface area contributed by atoms with E-state index in [1.54, 1.807) is 18.7 Å². The van der Waals surface area contributed by atoms with E-state index in [-0.39, 0.29) is 5.91 Å². The minimum Gasteiger partial charge on any atom is -0.436 e. The molecule has 1 amide bonds. The number of aromatic nitrogens is 1. The van der Waals surface area contributed by atoms with Crippen LogP contribution in [-0.2, 0) is 0 Å². The van der Waals surface area contributed by atoms with Crippen LogP contribution in [0.4, 0.5) is 0 Å². The van der Waals surface area contributed by atoms with Gasteiger partial charge in [0.15, 0.2) is 5.89 Å². The molecule has 0 spiro atoms. The molecule has 0 aliphatic carbocycles. The zero-order chi connectivity index (χ0) is 16.8. The van der Waals surface area contributed by atoms with E-state index < -0.39 is 0 Å². The third kappa shape index (κ3) is 4.81. The molecule has 1 aromatic heterocycles. The smallest absolute Gasteiger partial charge is 0.291 e. The second kappa shape index (κ2) is 7.77. The largest absolute Gasteiger partial charge is 0.436 e. The van der Waals surface area contributed by atoms with Crippen LogP contribution in [0, 0.1) is 19.8 Å². The van der Waals surface area contributed by atoms with Gasteiger partial charge in [-0.25, -0.2) is 4.98 Å². The van der Waals surface area contributed by atoms with Crippen LogP contribution in [0.3, 0.4) is 0 Å². The highest BCUT2D eigenvalue weighted by Crippen LogP contribution is 2.14. The van der Waals surface area contributed by atoms with Gasteiger partial charge in [0.25, 0.3) is 5.91 Å². The Morgan fingerprint density at radius 1 is 1.26 bits per heavy atom. The summed E-state index contributed by atoms with van der Waals surface area (Å²) in [5.74, 6) is 1.15. The highest BCUT2D eigenvalue weighted by molar-refractivity contribution is 5.92. The molecular formula is C19H24N2O2. The molecule has 0 atom stereocenters. The molecule has 2 rings (SSSR count). The third-order valence-corrected chi connectivity index (χ3v) is 3.41. The first-order valence-electron chi connectivity index (χ1n) is 7.92. The van der Waals surface area contributed by atoms with Crippen molar-refractivity contribution in [3.05, 3.63) is 59.3 Å². The monoisotopic (exact) mass is 312 g/mol. The number of hydrogen-bond acceptors (Lipinski definition) is 3. The molecule has 122 valence electrons. The van der Waals surface area contributed by atoms with Crippen LogP contribution >= 0.6 is 0 Å². The number of nitrogens with zero attached hydrogens (tertiary/aromatic N) is 2. The first-order valence-corrected chi connectivity index (χ1v) is 7.92. The SMILES string of the molecule is Cc1nc(C)c(C(=O)N(CC=Cc2ccccc2)CC(C)C)o1. The fourth-order valence-electron chi connectivity index (χ4n) is 2.43. The summed E-state index contributed by atoms with van der Waals surface area (Å²) in [6.07, 6.45) is 4.03. The average Bonchev–Trinajstić information content (AvgIpc) is 2.85. The van der Waals surface area contributed by atoms with E-state index in [4.69, 9.17) is 4.42 Å². The van der Waals surface area contributed by atoms with Crippen LogP contribution in [-0.4, -0.2) is 28.9 Å². The van der Waals surface area contributed by atoms with Gasteiger partial charge in [-0.3, -0.25) is 4.79 Å². The topological polar surface area (TPSA) is 46.3 Å². The van der Waals surface area contributed by atoms with Crippen molar-refractivity contribution in [2.24, 2.45) is 5.92 Å². The summed E-state index contributed by atoms with van der Waals surface area (Å²) < 4.78 is 5.48. The molecule has 2 aromatic rings. The van der Waals surface area contributed by atoms with Gasteiger partial charge >= 0.3 is 0 Å². The molecule has 0 unspecified atom stereocenters. The Morgan fingerprint density at radius 2 is 1.96 bits per heavy atom. The molecule has 0 aliphatic heterocycles. The van der Waals surface area contributed by atoms with E-state index in [1.165, 1.54) is 0 Å². The van der Waals surface area contributed by atoms with E-state index in [1.807, 2.05) is 42.5 Å². The second-order valence-electron chi connectivity index (χ2n) is 6.06. The molecule has 0 bridgehead atoms. The normalized spacial score (nSPS) is 11.3. The number of aryl methyl sites for hydroxylation is 2. The Kier molecular flexibility index (Phi) is 5.74. The number of benzene rings is 1. The number of oxazole rings is 1. The van der Waals surface area contributed by atoms with Crippen LogP contribution < -0.4 is 0 Å². The quantitative estimate of drug-likeness (QED) is 0.806. The van der Waals surface area contributed by atoms with Gasteiger partial charge < -0.3 is 9.32 Å². The molecule has 0 saturated carbocycles. The van der Waals surface area contributed by atoms with Gasteiger partial charge in [-0.05, 0) is 18.4 Å². The van der Waals surface area contributed by atoms with Crippen LogP contribution in [0.15, 0.2) is 40.8 Å². The van der Waals surface area contributed by atoms with E-state index in [0.717, 1.165) is 5.56 Å². The van der Waals surface area contributed by atoms with Crippen molar-refractivity contribution in [2.45, 2.75) is 27.7 Å². The summed E-state index contributed by atoms with van der Waals surface area (Å²) in [4.78, 5) is 18.7. The van der Waals surface area contributed by atoms with E-state index in [2.05, 4.69) is 18.8 Å². The van der Waals surface area contributed by atoms with Gasteiger partial charge in [-0.1, -0.05) is 56.3 Å². The third-order valence-electron chi connectivity index (χ3n) is 3.41. The molecule has 0 aliphatic rings. The number of amides is 1. The highest BCUT2D eigenvalue weighted by atomic mass is 16.4. The lowest BCUT2D eigenvalue weighted by molar-refractivity contribution is 0.0722. The minimum atomic E-state index is -0.102. The minimum absolute atomic E-state index is 0.102. The average molecular weight is 312 g/mol. The summed E-state index contributed by atoms with van der Waals surface area (Å²) in [6.45, 7) is 8.98. The summed E-state index contributed by atoms with van der Waals surface area (Å²) >= 11 is 0. The summed E-state index contributed by atoms with van der Waals surface area (Å²) in [6, 6.07) is 10.1. The highest BCUT2D eigenvalue weighted by Gasteiger charge is 2.22. The van der Waals surface area contributed by atoms with Crippen molar-refractivity contribution in [1.82, 2.24) is 9.88 Å². The van der Waals surface area contributed by atoms with Gasteiger partial charge in [-0.2, -0.15) is 0 Å². The molecule has 1 aromatic carbocycles. The van der Waals surface area contributed by atoms with Gasteiger partial charge in [-0.15, -0.1) is 0 Å². The Morgan fingerprint density at radius 3 is 2.52 bits per heavy atom. The molecule has 0 N–H and O–H groups in total. The predicted octanol–water partition coefficient (Wildman–Crippen LogP) is 4.10. The lowest BCUT2D eigenvalue weighted by Gasteiger charge is -2.22. The van der Waals surface area contributed by atoms with Gasteiger partial charge in [0.2, 0.25) is 5.76 Å². The van der Waals surface area contributed by atoms with Gasteiger partial charge in [0.05, 0.1) is 5.69 Å². The van der Waals surface area contributed by atoms with E-state index in [0.29, 0.717) is 36.4 Å². The maximum Gasteiger partial charge on any atom is 0.291 e. The molecule has 4 nitrogen and oxygen atoms in total. The van der Waals surface area contributed by atoms with Crippen LogP contribution in [0.1, 0.15) is 41.6 Å².